The SMILES string of the molecule is Cc1cccc([C@@H](O)CN)c1OC(F)F. The highest BCUT2D eigenvalue weighted by molar-refractivity contribution is 5.42. The molecule has 0 saturated carbocycles. The molecule has 0 radical (unpaired) electrons. The molecule has 0 spiro atoms. The normalized spacial score (nSPS) is 12.9. The van der Waals surface area contributed by atoms with Crippen molar-refractivity contribution < 1.29 is 18.6 Å². The minimum atomic E-state index is -2.91. The van der Waals surface area contributed by atoms with Gasteiger partial charge >= 0.3 is 6.61 Å². The maximum Gasteiger partial charge on any atom is 0.387 e. The van der Waals surface area contributed by atoms with Gasteiger partial charge in [-0.2, -0.15) is 8.78 Å². The van der Waals surface area contributed by atoms with E-state index in [1.165, 1.54) is 6.07 Å². The summed E-state index contributed by atoms with van der Waals surface area (Å²) >= 11 is 0. The van der Waals surface area contributed by atoms with Crippen molar-refractivity contribution in [3.05, 3.63) is 29.3 Å². The Hall–Kier alpha value is -1.20. The first-order valence-corrected chi connectivity index (χ1v) is 4.48. The van der Waals surface area contributed by atoms with Gasteiger partial charge in [0.25, 0.3) is 0 Å². The van der Waals surface area contributed by atoms with Crippen molar-refractivity contribution in [2.75, 3.05) is 6.54 Å². The number of para-hydroxylation sites is 1. The number of halogens is 2. The van der Waals surface area contributed by atoms with Gasteiger partial charge in [-0.25, -0.2) is 0 Å². The van der Waals surface area contributed by atoms with Crippen molar-refractivity contribution in [2.45, 2.75) is 19.6 Å². The van der Waals surface area contributed by atoms with Crippen molar-refractivity contribution in [3.8, 4) is 5.75 Å². The number of ether oxygens (including phenoxy) is 1. The van der Waals surface area contributed by atoms with E-state index >= 15 is 0 Å². The van der Waals surface area contributed by atoms with Crippen LogP contribution in [0.2, 0.25) is 0 Å². The predicted octanol–water partition coefficient (Wildman–Crippen LogP) is 1.59. The van der Waals surface area contributed by atoms with Crippen LogP contribution in [-0.4, -0.2) is 18.3 Å². The van der Waals surface area contributed by atoms with Crippen LogP contribution in [0, 0.1) is 6.92 Å². The Bertz CT molecular complexity index is 331. The van der Waals surface area contributed by atoms with Crippen LogP contribution in [0.25, 0.3) is 0 Å². The molecule has 15 heavy (non-hydrogen) atoms. The molecule has 0 aliphatic heterocycles. The third-order valence-electron chi connectivity index (χ3n) is 2.03. The second-order valence-electron chi connectivity index (χ2n) is 3.12. The number of hydrogen-bond acceptors (Lipinski definition) is 3. The summed E-state index contributed by atoms with van der Waals surface area (Å²) in [5, 5.41) is 9.50. The maximum atomic E-state index is 12.1. The average molecular weight is 217 g/mol. The molecule has 3 nitrogen and oxygen atoms in total. The molecule has 0 aliphatic rings. The first-order valence-electron chi connectivity index (χ1n) is 4.48. The number of aliphatic hydroxyl groups excluding tert-OH is 1. The van der Waals surface area contributed by atoms with Gasteiger partial charge in [0, 0.05) is 12.1 Å². The first-order chi connectivity index (χ1) is 7.06. The van der Waals surface area contributed by atoms with Gasteiger partial charge < -0.3 is 15.6 Å². The third kappa shape index (κ3) is 2.87. The number of aliphatic hydroxyl groups is 1. The van der Waals surface area contributed by atoms with E-state index in [1.54, 1.807) is 19.1 Å². The molecule has 0 aromatic heterocycles. The van der Waals surface area contributed by atoms with E-state index < -0.39 is 12.7 Å². The molecule has 1 aromatic carbocycles. The third-order valence-corrected chi connectivity index (χ3v) is 2.03. The molecule has 0 aliphatic carbocycles. The monoisotopic (exact) mass is 217 g/mol. The van der Waals surface area contributed by atoms with Crippen molar-refractivity contribution >= 4 is 0 Å². The molecule has 1 atom stereocenters. The van der Waals surface area contributed by atoms with Crippen LogP contribution in [0.5, 0.6) is 5.75 Å². The summed E-state index contributed by atoms with van der Waals surface area (Å²) in [5.74, 6) is 0.00505. The molecule has 0 bridgehead atoms. The summed E-state index contributed by atoms with van der Waals surface area (Å²) in [4.78, 5) is 0. The average Bonchev–Trinajstić information content (AvgIpc) is 2.19. The van der Waals surface area contributed by atoms with Crippen LogP contribution in [0.3, 0.4) is 0 Å². The topological polar surface area (TPSA) is 55.5 Å². The Kier molecular flexibility index (Phi) is 3.99. The highest BCUT2D eigenvalue weighted by atomic mass is 19.3. The lowest BCUT2D eigenvalue weighted by molar-refractivity contribution is -0.0519. The van der Waals surface area contributed by atoms with Crippen LogP contribution in [0.15, 0.2) is 18.2 Å². The zero-order valence-corrected chi connectivity index (χ0v) is 8.28. The van der Waals surface area contributed by atoms with Crippen LogP contribution >= 0.6 is 0 Å². The Balaban J connectivity index is 3.08. The van der Waals surface area contributed by atoms with Gasteiger partial charge in [-0.05, 0) is 12.5 Å². The van der Waals surface area contributed by atoms with Gasteiger partial charge in [0.15, 0.2) is 0 Å². The maximum absolute atomic E-state index is 12.1. The minimum absolute atomic E-state index is 0.00505. The molecule has 1 aromatic rings. The molecular formula is C10H13F2NO2. The van der Waals surface area contributed by atoms with Crippen LogP contribution in [-0.2, 0) is 0 Å². The number of aryl methyl sites for hydroxylation is 1. The lowest BCUT2D eigenvalue weighted by Gasteiger charge is -2.16. The Morgan fingerprint density at radius 1 is 1.47 bits per heavy atom. The second-order valence-corrected chi connectivity index (χ2v) is 3.12. The summed E-state index contributed by atoms with van der Waals surface area (Å²) in [5.41, 5.74) is 6.09. The molecule has 0 amide bonds. The van der Waals surface area contributed by atoms with Crippen molar-refractivity contribution in [1.82, 2.24) is 0 Å². The van der Waals surface area contributed by atoms with E-state index in [9.17, 15) is 13.9 Å². The van der Waals surface area contributed by atoms with Crippen LogP contribution in [0.1, 0.15) is 17.2 Å². The van der Waals surface area contributed by atoms with Crippen LogP contribution < -0.4 is 10.5 Å². The summed E-state index contributed by atoms with van der Waals surface area (Å²) in [6.45, 7) is -1.32. The zero-order chi connectivity index (χ0) is 11.4. The van der Waals surface area contributed by atoms with Crippen LogP contribution in [0.4, 0.5) is 8.78 Å². The van der Waals surface area contributed by atoms with Gasteiger partial charge in [-0.15, -0.1) is 0 Å². The molecule has 5 heteroatoms. The highest BCUT2D eigenvalue weighted by Gasteiger charge is 2.16. The predicted molar refractivity (Wildman–Crippen MR) is 51.8 cm³/mol. The van der Waals surface area contributed by atoms with Gasteiger partial charge in [0.1, 0.15) is 5.75 Å². The first kappa shape index (κ1) is 11.9. The summed E-state index contributed by atoms with van der Waals surface area (Å²) in [6, 6.07) is 4.80. The molecule has 0 heterocycles. The van der Waals surface area contributed by atoms with E-state index in [0.29, 0.717) is 5.56 Å². The van der Waals surface area contributed by atoms with E-state index in [-0.39, 0.29) is 17.9 Å². The fraction of sp³-hybridized carbons (Fsp3) is 0.400. The largest absolute Gasteiger partial charge is 0.434 e. The molecule has 1 rings (SSSR count). The van der Waals surface area contributed by atoms with E-state index in [4.69, 9.17) is 5.73 Å². The number of hydrogen-bond donors (Lipinski definition) is 2. The summed E-state index contributed by atoms with van der Waals surface area (Å²) in [7, 11) is 0. The van der Waals surface area contributed by atoms with E-state index in [0.717, 1.165) is 0 Å². The molecule has 0 unspecified atom stereocenters. The zero-order valence-electron chi connectivity index (χ0n) is 8.28. The van der Waals surface area contributed by atoms with E-state index in [1.807, 2.05) is 0 Å². The standard InChI is InChI=1S/C10H13F2NO2/c1-6-3-2-4-7(8(14)5-13)9(6)15-10(11)12/h2-4,8,10,14H,5,13H2,1H3/t8-/m0/s1. The molecule has 0 fully saturated rings. The van der Waals surface area contributed by atoms with Gasteiger partial charge in [0.2, 0.25) is 0 Å². The molecular weight excluding hydrogens is 204 g/mol. The Morgan fingerprint density at radius 2 is 2.13 bits per heavy atom. The fourth-order valence-electron chi connectivity index (χ4n) is 1.31. The number of rotatable bonds is 4. The summed E-state index contributed by atoms with van der Waals surface area (Å²) < 4.78 is 28.6. The fourth-order valence-corrected chi connectivity index (χ4v) is 1.31. The quantitative estimate of drug-likeness (QED) is 0.805. The number of nitrogens with two attached hydrogens (primary N) is 1. The van der Waals surface area contributed by atoms with E-state index in [2.05, 4.69) is 4.74 Å². The number of benzene rings is 1. The van der Waals surface area contributed by atoms with Crippen molar-refractivity contribution in [3.63, 3.8) is 0 Å². The Morgan fingerprint density at radius 3 is 2.67 bits per heavy atom. The molecule has 84 valence electrons. The molecule has 3 N–H and O–H groups in total. The lowest BCUT2D eigenvalue weighted by Crippen LogP contribution is -2.14. The molecule has 0 saturated heterocycles. The number of alkyl halides is 2. The Labute approximate surface area is 86.5 Å². The smallest absolute Gasteiger partial charge is 0.387 e. The summed E-state index contributed by atoms with van der Waals surface area (Å²) in [6.07, 6.45) is -0.987. The van der Waals surface area contributed by atoms with Crippen molar-refractivity contribution in [2.24, 2.45) is 5.73 Å². The lowest BCUT2D eigenvalue weighted by atomic mass is 10.0. The van der Waals surface area contributed by atoms with Gasteiger partial charge in [-0.3, -0.25) is 0 Å². The van der Waals surface area contributed by atoms with Gasteiger partial charge in [0.05, 0.1) is 6.10 Å². The van der Waals surface area contributed by atoms with Crippen molar-refractivity contribution in [1.29, 1.82) is 0 Å². The minimum Gasteiger partial charge on any atom is -0.434 e. The second kappa shape index (κ2) is 5.04. The highest BCUT2D eigenvalue weighted by Crippen LogP contribution is 2.29. The van der Waals surface area contributed by atoms with Gasteiger partial charge in [-0.1, -0.05) is 18.2 Å².